The van der Waals surface area contributed by atoms with E-state index in [1.54, 1.807) is 0 Å². The van der Waals surface area contributed by atoms with E-state index in [0.717, 1.165) is 5.33 Å². The number of rotatable bonds is 2. The number of methoxy groups -OCH3 is 1. The molecule has 1 aliphatic rings. The summed E-state index contributed by atoms with van der Waals surface area (Å²) >= 11 is 3.38. The fraction of sp³-hybridized carbons (Fsp3) is 0.875. The van der Waals surface area contributed by atoms with Gasteiger partial charge in [-0.2, -0.15) is 0 Å². The zero-order valence-electron chi connectivity index (χ0n) is 7.06. The number of ether oxygens (including phenoxy) is 1. The molecular weight excluding hydrogens is 208 g/mol. The van der Waals surface area contributed by atoms with Crippen molar-refractivity contribution < 1.29 is 9.53 Å². The lowest BCUT2D eigenvalue weighted by Crippen LogP contribution is -2.07. The average molecular weight is 221 g/mol. The van der Waals surface area contributed by atoms with Gasteiger partial charge in [-0.05, 0) is 11.3 Å². The van der Waals surface area contributed by atoms with Gasteiger partial charge in [0, 0.05) is 5.33 Å². The van der Waals surface area contributed by atoms with Gasteiger partial charge in [0.15, 0.2) is 0 Å². The molecule has 1 rings (SSSR count). The molecule has 0 spiro atoms. The van der Waals surface area contributed by atoms with Crippen LogP contribution in [0.3, 0.4) is 0 Å². The fourth-order valence-electron chi connectivity index (χ4n) is 1.63. The molecule has 0 heterocycles. The maximum atomic E-state index is 11.1. The van der Waals surface area contributed by atoms with Crippen LogP contribution < -0.4 is 0 Å². The molecule has 0 aromatic rings. The first-order valence-electron chi connectivity index (χ1n) is 3.69. The zero-order chi connectivity index (χ0) is 8.65. The molecule has 2 nitrogen and oxygen atoms in total. The van der Waals surface area contributed by atoms with Crippen LogP contribution in [0.15, 0.2) is 0 Å². The van der Waals surface area contributed by atoms with E-state index in [1.165, 1.54) is 7.11 Å². The molecule has 3 heteroatoms. The van der Waals surface area contributed by atoms with E-state index in [-0.39, 0.29) is 17.3 Å². The summed E-state index contributed by atoms with van der Waals surface area (Å²) < 4.78 is 4.68. The molecule has 1 fully saturated rings. The molecule has 0 bridgehead atoms. The summed E-state index contributed by atoms with van der Waals surface area (Å²) in [6.07, 6.45) is 0. The summed E-state index contributed by atoms with van der Waals surface area (Å²) in [6.45, 7) is 4.20. The molecule has 0 unspecified atom stereocenters. The Morgan fingerprint density at radius 3 is 2.45 bits per heavy atom. The highest BCUT2D eigenvalue weighted by Gasteiger charge is 2.61. The van der Waals surface area contributed by atoms with Gasteiger partial charge < -0.3 is 4.74 Å². The monoisotopic (exact) mass is 220 g/mol. The van der Waals surface area contributed by atoms with E-state index in [2.05, 4.69) is 34.5 Å². The maximum Gasteiger partial charge on any atom is 0.309 e. The molecule has 11 heavy (non-hydrogen) atoms. The van der Waals surface area contributed by atoms with Gasteiger partial charge in [0.1, 0.15) is 0 Å². The number of halogens is 1. The smallest absolute Gasteiger partial charge is 0.309 e. The molecule has 0 N–H and O–H groups in total. The first-order chi connectivity index (χ1) is 5.05. The summed E-state index contributed by atoms with van der Waals surface area (Å²) in [7, 11) is 1.45. The molecule has 0 aliphatic heterocycles. The summed E-state index contributed by atoms with van der Waals surface area (Å²) in [6, 6.07) is 0. The number of esters is 1. The Balaban J connectivity index is 2.58. The summed E-state index contributed by atoms with van der Waals surface area (Å²) in [5.41, 5.74) is 0.136. The lowest BCUT2D eigenvalue weighted by Gasteiger charge is -1.99. The Hall–Kier alpha value is -0.0500. The highest BCUT2D eigenvalue weighted by molar-refractivity contribution is 9.09. The molecule has 1 saturated carbocycles. The Morgan fingerprint density at radius 1 is 1.64 bits per heavy atom. The van der Waals surface area contributed by atoms with Crippen LogP contribution in [-0.4, -0.2) is 18.4 Å². The van der Waals surface area contributed by atoms with Gasteiger partial charge in [0.2, 0.25) is 0 Å². The van der Waals surface area contributed by atoms with Gasteiger partial charge in [-0.3, -0.25) is 4.79 Å². The van der Waals surface area contributed by atoms with Gasteiger partial charge in [-0.15, -0.1) is 0 Å². The molecule has 0 aromatic heterocycles. The molecule has 0 radical (unpaired) electrons. The van der Waals surface area contributed by atoms with Crippen LogP contribution in [0.4, 0.5) is 0 Å². The molecule has 1 aliphatic carbocycles. The van der Waals surface area contributed by atoms with Crippen LogP contribution >= 0.6 is 15.9 Å². The van der Waals surface area contributed by atoms with E-state index in [0.29, 0.717) is 5.92 Å². The molecule has 0 amide bonds. The van der Waals surface area contributed by atoms with Crippen molar-refractivity contribution in [1.82, 2.24) is 0 Å². The topological polar surface area (TPSA) is 26.3 Å². The summed E-state index contributed by atoms with van der Waals surface area (Å²) in [5.74, 6) is 0.487. The molecular formula is C8H13BrO2. The van der Waals surface area contributed by atoms with Crippen LogP contribution in [0.5, 0.6) is 0 Å². The second kappa shape index (κ2) is 2.77. The molecule has 64 valence electrons. The quantitative estimate of drug-likeness (QED) is 0.525. The van der Waals surface area contributed by atoms with Crippen molar-refractivity contribution in [2.45, 2.75) is 13.8 Å². The normalized spacial score (nSPS) is 33.1. The minimum atomic E-state index is -0.0700. The molecule has 2 atom stereocenters. The third-order valence-corrected chi connectivity index (χ3v) is 3.37. The molecule has 0 saturated heterocycles. The number of carbonyl (C=O) groups is 1. The van der Waals surface area contributed by atoms with Crippen molar-refractivity contribution in [3.63, 3.8) is 0 Å². The molecule has 0 aromatic carbocycles. The Bertz CT molecular complexity index is 177. The third kappa shape index (κ3) is 1.31. The minimum absolute atomic E-state index is 0.0700. The number of hydrogen-bond donors (Lipinski definition) is 0. The number of hydrogen-bond acceptors (Lipinski definition) is 2. The van der Waals surface area contributed by atoms with E-state index in [1.807, 2.05) is 0 Å². The van der Waals surface area contributed by atoms with E-state index in [4.69, 9.17) is 0 Å². The number of alkyl halides is 1. The summed E-state index contributed by atoms with van der Waals surface area (Å²) in [4.78, 5) is 11.1. The van der Waals surface area contributed by atoms with Gasteiger partial charge in [-0.25, -0.2) is 0 Å². The van der Waals surface area contributed by atoms with Crippen LogP contribution in [0.1, 0.15) is 13.8 Å². The minimum Gasteiger partial charge on any atom is -0.469 e. The Kier molecular flexibility index (Phi) is 2.28. The maximum absolute atomic E-state index is 11.1. The standard InChI is InChI=1S/C8H13BrO2/c1-8(2)5(4-9)6(8)7(10)11-3/h5-6H,4H2,1-3H3/t5-,6-/m0/s1. The highest BCUT2D eigenvalue weighted by atomic mass is 79.9. The predicted molar refractivity (Wildman–Crippen MR) is 46.6 cm³/mol. The van der Waals surface area contributed by atoms with Gasteiger partial charge in [0.25, 0.3) is 0 Å². The van der Waals surface area contributed by atoms with Crippen LogP contribution in [0, 0.1) is 17.3 Å². The second-order valence-electron chi connectivity index (χ2n) is 3.58. The van der Waals surface area contributed by atoms with E-state index >= 15 is 0 Å². The SMILES string of the molecule is COC(=O)[C@@H]1[C@H](CBr)C1(C)C. The predicted octanol–water partition coefficient (Wildman–Crippen LogP) is 1.83. The van der Waals surface area contributed by atoms with Crippen LogP contribution in [0.25, 0.3) is 0 Å². The first kappa shape index (κ1) is 9.04. The largest absolute Gasteiger partial charge is 0.469 e. The lowest BCUT2D eigenvalue weighted by atomic mass is 10.1. The zero-order valence-corrected chi connectivity index (χ0v) is 8.64. The second-order valence-corrected chi connectivity index (χ2v) is 4.23. The van der Waals surface area contributed by atoms with Crippen molar-refractivity contribution in [3.8, 4) is 0 Å². The van der Waals surface area contributed by atoms with Crippen molar-refractivity contribution in [3.05, 3.63) is 0 Å². The van der Waals surface area contributed by atoms with Crippen molar-refractivity contribution in [2.75, 3.05) is 12.4 Å². The fourth-order valence-corrected chi connectivity index (χ4v) is 2.84. The lowest BCUT2D eigenvalue weighted by molar-refractivity contribution is -0.143. The Labute approximate surface area is 75.4 Å². The van der Waals surface area contributed by atoms with E-state index < -0.39 is 0 Å². The van der Waals surface area contributed by atoms with E-state index in [9.17, 15) is 4.79 Å². The van der Waals surface area contributed by atoms with Crippen molar-refractivity contribution >= 4 is 21.9 Å². The average Bonchev–Trinajstić information content (AvgIpc) is 2.51. The van der Waals surface area contributed by atoms with Crippen LogP contribution in [-0.2, 0) is 9.53 Å². The third-order valence-electron chi connectivity index (χ3n) is 2.67. The van der Waals surface area contributed by atoms with Gasteiger partial charge >= 0.3 is 5.97 Å². The van der Waals surface area contributed by atoms with Crippen molar-refractivity contribution in [2.24, 2.45) is 17.3 Å². The van der Waals surface area contributed by atoms with Crippen molar-refractivity contribution in [1.29, 1.82) is 0 Å². The Morgan fingerprint density at radius 2 is 2.18 bits per heavy atom. The highest BCUT2D eigenvalue weighted by Crippen LogP contribution is 2.59. The van der Waals surface area contributed by atoms with Gasteiger partial charge in [-0.1, -0.05) is 29.8 Å². The first-order valence-corrected chi connectivity index (χ1v) is 4.81. The summed E-state index contributed by atoms with van der Waals surface area (Å²) in [5, 5.41) is 0.889. The number of carbonyl (C=O) groups excluding carboxylic acids is 1. The van der Waals surface area contributed by atoms with Gasteiger partial charge in [0.05, 0.1) is 13.0 Å². The van der Waals surface area contributed by atoms with Crippen LogP contribution in [0.2, 0.25) is 0 Å².